The quantitative estimate of drug-likeness (QED) is 0.309. The Morgan fingerprint density at radius 2 is 1.71 bits per heavy atom. The van der Waals surface area contributed by atoms with E-state index in [0.717, 1.165) is 24.3 Å². The molecular formula is C16H15N4O6PS. The fourth-order valence-electron chi connectivity index (χ4n) is 2.51. The van der Waals surface area contributed by atoms with E-state index < -0.39 is 22.6 Å². The van der Waals surface area contributed by atoms with Crippen molar-refractivity contribution in [1.29, 1.82) is 0 Å². The molecule has 146 valence electrons. The Labute approximate surface area is 159 Å². The summed E-state index contributed by atoms with van der Waals surface area (Å²) in [7, 11) is -7.79. The van der Waals surface area contributed by atoms with Gasteiger partial charge in [-0.2, -0.15) is 0 Å². The van der Waals surface area contributed by atoms with E-state index in [1.807, 2.05) is 0 Å². The van der Waals surface area contributed by atoms with Gasteiger partial charge in [-0.25, -0.2) is 24.0 Å². The number of sulfonamides is 1. The van der Waals surface area contributed by atoms with Crippen LogP contribution in [-0.2, 0) is 14.6 Å². The zero-order valence-corrected chi connectivity index (χ0v) is 15.9. The number of nitrogens with zero attached hydrogens (tertiary/aromatic N) is 1. The van der Waals surface area contributed by atoms with Crippen LogP contribution in [0, 0.1) is 10.1 Å². The van der Waals surface area contributed by atoms with Crippen LogP contribution in [0.25, 0.3) is 10.8 Å². The minimum absolute atomic E-state index is 0.114. The molecule has 0 atom stereocenters. The largest absolute Gasteiger partial charge is 0.422 e. The van der Waals surface area contributed by atoms with Crippen LogP contribution in [0.15, 0.2) is 65.6 Å². The second-order valence-corrected chi connectivity index (χ2v) is 8.94. The van der Waals surface area contributed by atoms with E-state index in [2.05, 4.69) is 4.72 Å². The van der Waals surface area contributed by atoms with Crippen molar-refractivity contribution in [2.24, 2.45) is 11.0 Å². The molecule has 0 amide bonds. The molecule has 0 aliphatic carbocycles. The summed E-state index contributed by atoms with van der Waals surface area (Å²) in [6.45, 7) is 0. The second kappa shape index (κ2) is 7.21. The van der Waals surface area contributed by atoms with Crippen molar-refractivity contribution < 1.29 is 22.4 Å². The minimum Gasteiger partial charge on any atom is -0.422 e. The van der Waals surface area contributed by atoms with Crippen LogP contribution in [-0.4, -0.2) is 13.3 Å². The summed E-state index contributed by atoms with van der Waals surface area (Å²) < 4.78 is 44.2. The molecule has 0 aromatic heterocycles. The zero-order valence-electron chi connectivity index (χ0n) is 14.2. The molecule has 12 heteroatoms. The van der Waals surface area contributed by atoms with Gasteiger partial charge in [0.25, 0.3) is 15.7 Å². The SMILES string of the molecule is NP(N)(=O)Oc1ccc2cccc(NS(=O)(=O)c3ccc([N+](=O)[O-])cc3)c2c1. The van der Waals surface area contributed by atoms with Gasteiger partial charge in [0, 0.05) is 17.5 Å². The third kappa shape index (κ3) is 4.46. The lowest BCUT2D eigenvalue weighted by molar-refractivity contribution is -0.384. The van der Waals surface area contributed by atoms with Gasteiger partial charge in [0.15, 0.2) is 0 Å². The average Bonchev–Trinajstić information content (AvgIpc) is 2.61. The third-order valence-corrected chi connectivity index (χ3v) is 5.58. The highest BCUT2D eigenvalue weighted by atomic mass is 32.2. The molecule has 0 aliphatic heterocycles. The Morgan fingerprint density at radius 1 is 1.04 bits per heavy atom. The van der Waals surface area contributed by atoms with Crippen molar-refractivity contribution in [3.63, 3.8) is 0 Å². The van der Waals surface area contributed by atoms with Gasteiger partial charge in [-0.05, 0) is 35.7 Å². The molecule has 0 saturated carbocycles. The van der Waals surface area contributed by atoms with Crippen LogP contribution in [0.5, 0.6) is 5.75 Å². The number of nitrogens with two attached hydrogens (primary N) is 2. The van der Waals surface area contributed by atoms with E-state index in [9.17, 15) is 23.1 Å². The fourth-order valence-corrected chi connectivity index (χ4v) is 4.04. The fraction of sp³-hybridized carbons (Fsp3) is 0. The number of hydrogen-bond acceptors (Lipinski definition) is 6. The van der Waals surface area contributed by atoms with E-state index in [0.29, 0.717) is 10.8 Å². The number of non-ortho nitro benzene ring substituents is 1. The lowest BCUT2D eigenvalue weighted by Gasteiger charge is -2.13. The van der Waals surface area contributed by atoms with Crippen LogP contribution < -0.4 is 20.3 Å². The smallest absolute Gasteiger partial charge is 0.385 e. The molecule has 0 saturated heterocycles. The minimum atomic E-state index is -4.01. The molecule has 3 aromatic rings. The maximum absolute atomic E-state index is 12.6. The molecule has 0 fully saturated rings. The van der Waals surface area contributed by atoms with E-state index >= 15 is 0 Å². The first kappa shape index (κ1) is 19.8. The first-order chi connectivity index (χ1) is 13.0. The molecular weight excluding hydrogens is 407 g/mol. The predicted octanol–water partition coefficient (Wildman–Crippen LogP) is 2.95. The Morgan fingerprint density at radius 3 is 2.32 bits per heavy atom. The molecule has 10 nitrogen and oxygen atoms in total. The normalized spacial score (nSPS) is 11.9. The van der Waals surface area contributed by atoms with Gasteiger partial charge in [0.2, 0.25) is 0 Å². The molecule has 0 radical (unpaired) electrons. The molecule has 0 bridgehead atoms. The average molecular weight is 422 g/mol. The van der Waals surface area contributed by atoms with Gasteiger partial charge in [0.1, 0.15) is 5.75 Å². The molecule has 0 aliphatic rings. The second-order valence-electron chi connectivity index (χ2n) is 5.78. The highest BCUT2D eigenvalue weighted by molar-refractivity contribution is 7.92. The topological polar surface area (TPSA) is 168 Å². The summed E-state index contributed by atoms with van der Waals surface area (Å²) in [5.41, 5.74) is 10.4. The van der Waals surface area contributed by atoms with Crippen molar-refractivity contribution >= 4 is 39.8 Å². The van der Waals surface area contributed by atoms with E-state index in [-0.39, 0.29) is 22.0 Å². The van der Waals surface area contributed by atoms with Crippen LogP contribution >= 0.6 is 7.67 Å². The Bertz CT molecular complexity index is 1210. The highest BCUT2D eigenvalue weighted by Crippen LogP contribution is 2.35. The maximum Gasteiger partial charge on any atom is 0.385 e. The number of fused-ring (bicyclic) bond motifs is 1. The molecule has 3 rings (SSSR count). The molecule has 28 heavy (non-hydrogen) atoms. The van der Waals surface area contributed by atoms with Crippen LogP contribution in [0.3, 0.4) is 0 Å². The maximum atomic E-state index is 12.6. The van der Waals surface area contributed by atoms with Gasteiger partial charge in [-0.3, -0.25) is 14.8 Å². The van der Waals surface area contributed by atoms with Gasteiger partial charge in [-0.15, -0.1) is 0 Å². The lowest BCUT2D eigenvalue weighted by Crippen LogP contribution is -2.13. The first-order valence-corrected chi connectivity index (χ1v) is 11.0. The van der Waals surface area contributed by atoms with Crippen LogP contribution in [0.4, 0.5) is 11.4 Å². The molecule has 3 aromatic carbocycles. The Kier molecular flexibility index (Phi) is 5.09. The molecule has 0 heterocycles. The van der Waals surface area contributed by atoms with E-state index in [1.165, 1.54) is 18.2 Å². The number of benzene rings is 3. The summed E-state index contributed by atoms with van der Waals surface area (Å²) in [4.78, 5) is 9.96. The van der Waals surface area contributed by atoms with Crippen molar-refractivity contribution in [3.8, 4) is 5.75 Å². The standard InChI is InChI=1S/C16H15N4O6PS/c17-27(18,23)26-13-7-4-11-2-1-3-16(15(11)10-13)19-28(24,25)14-8-5-12(6-9-14)20(21)22/h1-10,19H,(H4,17,18,23). The van der Waals surface area contributed by atoms with Crippen molar-refractivity contribution in [3.05, 3.63) is 70.8 Å². The van der Waals surface area contributed by atoms with Crippen molar-refractivity contribution in [1.82, 2.24) is 0 Å². The van der Waals surface area contributed by atoms with E-state index in [4.69, 9.17) is 15.5 Å². The summed E-state index contributed by atoms with van der Waals surface area (Å²) in [5.74, 6) is 0.114. The monoisotopic (exact) mass is 422 g/mol. The number of rotatable bonds is 6. The summed E-state index contributed by atoms with van der Waals surface area (Å²) in [6, 6.07) is 14.0. The number of nitrogens with one attached hydrogen (secondary N) is 1. The van der Waals surface area contributed by atoms with Crippen molar-refractivity contribution in [2.75, 3.05) is 4.72 Å². The molecule has 0 unspecified atom stereocenters. The van der Waals surface area contributed by atoms with Gasteiger partial charge in [0.05, 0.1) is 15.5 Å². The van der Waals surface area contributed by atoms with Crippen LogP contribution in [0.1, 0.15) is 0 Å². The van der Waals surface area contributed by atoms with Crippen LogP contribution in [0.2, 0.25) is 0 Å². The number of anilines is 1. The number of hydrogen-bond donors (Lipinski definition) is 3. The highest BCUT2D eigenvalue weighted by Gasteiger charge is 2.18. The summed E-state index contributed by atoms with van der Waals surface area (Å²) >= 11 is 0. The third-order valence-electron chi connectivity index (χ3n) is 3.70. The predicted molar refractivity (Wildman–Crippen MR) is 104 cm³/mol. The number of nitro groups is 1. The summed E-state index contributed by atoms with van der Waals surface area (Å²) in [5, 5.41) is 11.9. The summed E-state index contributed by atoms with van der Waals surface area (Å²) in [6.07, 6.45) is 0. The van der Waals surface area contributed by atoms with Gasteiger partial charge < -0.3 is 4.52 Å². The zero-order chi connectivity index (χ0) is 20.5. The number of nitro benzene ring substituents is 1. The Hall–Kier alpha value is -2.98. The molecule has 5 N–H and O–H groups in total. The first-order valence-electron chi connectivity index (χ1n) is 7.72. The van der Waals surface area contributed by atoms with Gasteiger partial charge in [-0.1, -0.05) is 18.2 Å². The van der Waals surface area contributed by atoms with Gasteiger partial charge >= 0.3 is 7.67 Å². The Balaban J connectivity index is 1.99. The van der Waals surface area contributed by atoms with Crippen molar-refractivity contribution in [2.45, 2.75) is 4.90 Å². The van der Waals surface area contributed by atoms with E-state index in [1.54, 1.807) is 18.2 Å². The molecule has 0 spiro atoms. The lowest BCUT2D eigenvalue weighted by atomic mass is 10.1.